The SMILES string of the molecule is Cc1ccnc(NC(=O)CN(C)C(=O)CCc2c(C)nc3c4ccccc4nn3c2C)c1. The van der Waals surface area contributed by atoms with E-state index in [1.54, 1.807) is 19.3 Å². The van der Waals surface area contributed by atoms with Crippen LogP contribution in [-0.2, 0) is 16.0 Å². The highest BCUT2D eigenvalue weighted by Gasteiger charge is 2.17. The fraction of sp³-hybridized carbons (Fsp3) is 0.292. The molecular formula is C24H26N6O2. The number of aromatic nitrogens is 4. The van der Waals surface area contributed by atoms with E-state index in [2.05, 4.69) is 15.4 Å². The molecule has 0 spiro atoms. The van der Waals surface area contributed by atoms with E-state index in [4.69, 9.17) is 4.98 Å². The van der Waals surface area contributed by atoms with Gasteiger partial charge in [0.15, 0.2) is 5.65 Å². The Morgan fingerprint density at radius 2 is 1.91 bits per heavy atom. The largest absolute Gasteiger partial charge is 0.336 e. The lowest BCUT2D eigenvalue weighted by atomic mass is 10.1. The van der Waals surface area contributed by atoms with Gasteiger partial charge in [0, 0.05) is 36.4 Å². The number of likely N-dealkylation sites (N-methyl/N-ethyl adjacent to an activating group) is 1. The standard InChI is InChI=1S/C24H26N6O2/c1-15-11-12-25-21(13-15)27-22(31)14-29(4)23(32)10-9-18-16(2)26-24-19-7-5-6-8-20(19)28-30(24)17(18)3/h5-8,11-13H,9-10,14H2,1-4H3,(H,25,27,31). The maximum atomic E-state index is 12.7. The zero-order chi connectivity index (χ0) is 22.8. The van der Waals surface area contributed by atoms with Gasteiger partial charge in [0.25, 0.3) is 0 Å². The minimum atomic E-state index is -0.280. The predicted molar refractivity (Wildman–Crippen MR) is 124 cm³/mol. The van der Waals surface area contributed by atoms with Crippen LogP contribution in [0.15, 0.2) is 42.6 Å². The van der Waals surface area contributed by atoms with Crippen LogP contribution in [0, 0.1) is 20.8 Å². The summed E-state index contributed by atoms with van der Waals surface area (Å²) in [6, 6.07) is 11.6. The van der Waals surface area contributed by atoms with E-state index in [9.17, 15) is 9.59 Å². The number of carbonyl (C=O) groups excluding carboxylic acids is 2. The van der Waals surface area contributed by atoms with Crippen molar-refractivity contribution in [1.82, 2.24) is 24.5 Å². The van der Waals surface area contributed by atoms with Gasteiger partial charge in [-0.3, -0.25) is 9.59 Å². The lowest BCUT2D eigenvalue weighted by molar-refractivity contribution is -0.133. The van der Waals surface area contributed by atoms with Crippen molar-refractivity contribution in [2.75, 3.05) is 18.9 Å². The summed E-state index contributed by atoms with van der Waals surface area (Å²) in [5.74, 6) is 0.0904. The summed E-state index contributed by atoms with van der Waals surface area (Å²) in [6.45, 7) is 5.85. The first kappa shape index (κ1) is 21.4. The molecule has 32 heavy (non-hydrogen) atoms. The Labute approximate surface area is 186 Å². The van der Waals surface area contributed by atoms with Gasteiger partial charge in [-0.25, -0.2) is 14.5 Å². The summed E-state index contributed by atoms with van der Waals surface area (Å²) >= 11 is 0. The number of nitrogens with one attached hydrogen (secondary N) is 1. The maximum absolute atomic E-state index is 12.7. The second-order valence-electron chi connectivity index (χ2n) is 8.03. The highest BCUT2D eigenvalue weighted by Crippen LogP contribution is 2.23. The molecule has 164 valence electrons. The highest BCUT2D eigenvalue weighted by atomic mass is 16.2. The lowest BCUT2D eigenvalue weighted by Gasteiger charge is -2.17. The van der Waals surface area contributed by atoms with E-state index in [1.807, 2.05) is 55.6 Å². The zero-order valence-electron chi connectivity index (χ0n) is 18.7. The second kappa shape index (κ2) is 8.74. The normalized spacial score (nSPS) is 11.1. The summed E-state index contributed by atoms with van der Waals surface area (Å²) in [5.41, 5.74) is 5.58. The third kappa shape index (κ3) is 4.30. The van der Waals surface area contributed by atoms with Gasteiger partial charge in [-0.05, 0) is 62.6 Å². The van der Waals surface area contributed by atoms with Gasteiger partial charge in [0.2, 0.25) is 11.8 Å². The molecule has 0 radical (unpaired) electrons. The zero-order valence-corrected chi connectivity index (χ0v) is 18.7. The molecule has 1 N–H and O–H groups in total. The number of hydrogen-bond donors (Lipinski definition) is 1. The number of rotatable bonds is 6. The Morgan fingerprint density at radius 1 is 1.12 bits per heavy atom. The molecule has 0 bridgehead atoms. The topological polar surface area (TPSA) is 92.5 Å². The quantitative estimate of drug-likeness (QED) is 0.507. The van der Waals surface area contributed by atoms with Crippen molar-refractivity contribution < 1.29 is 9.59 Å². The molecule has 0 saturated carbocycles. The summed E-state index contributed by atoms with van der Waals surface area (Å²) in [7, 11) is 1.63. The lowest BCUT2D eigenvalue weighted by Crippen LogP contribution is -2.35. The first-order chi connectivity index (χ1) is 15.3. The average molecular weight is 431 g/mol. The maximum Gasteiger partial charge on any atom is 0.245 e. The first-order valence-corrected chi connectivity index (χ1v) is 10.5. The minimum Gasteiger partial charge on any atom is -0.336 e. The molecule has 3 heterocycles. The van der Waals surface area contributed by atoms with E-state index < -0.39 is 0 Å². The Kier molecular flexibility index (Phi) is 5.85. The molecule has 0 aliphatic carbocycles. The van der Waals surface area contributed by atoms with E-state index in [0.29, 0.717) is 12.2 Å². The van der Waals surface area contributed by atoms with Crippen molar-refractivity contribution >= 4 is 34.2 Å². The fourth-order valence-corrected chi connectivity index (χ4v) is 3.85. The van der Waals surface area contributed by atoms with Crippen LogP contribution in [0.4, 0.5) is 5.82 Å². The molecule has 0 unspecified atom stereocenters. The summed E-state index contributed by atoms with van der Waals surface area (Å²) in [6.07, 6.45) is 2.45. The van der Waals surface area contributed by atoms with Crippen LogP contribution in [0.5, 0.6) is 0 Å². The highest BCUT2D eigenvalue weighted by molar-refractivity contribution is 5.94. The Balaban J connectivity index is 1.43. The molecule has 0 aliphatic rings. The number of anilines is 1. The predicted octanol–water partition coefficient (Wildman–Crippen LogP) is 3.23. The number of aryl methyl sites for hydroxylation is 3. The molecule has 1 aromatic carbocycles. The third-order valence-electron chi connectivity index (χ3n) is 5.60. The van der Waals surface area contributed by atoms with Crippen molar-refractivity contribution in [3.8, 4) is 0 Å². The monoisotopic (exact) mass is 430 g/mol. The van der Waals surface area contributed by atoms with Crippen molar-refractivity contribution in [1.29, 1.82) is 0 Å². The van der Waals surface area contributed by atoms with Crippen LogP contribution in [0.2, 0.25) is 0 Å². The van der Waals surface area contributed by atoms with Crippen LogP contribution >= 0.6 is 0 Å². The molecule has 4 aromatic rings. The van der Waals surface area contributed by atoms with Gasteiger partial charge in [-0.15, -0.1) is 0 Å². The smallest absolute Gasteiger partial charge is 0.245 e. The Hall–Kier alpha value is -3.81. The van der Waals surface area contributed by atoms with Crippen molar-refractivity contribution in [2.24, 2.45) is 0 Å². The number of nitrogens with zero attached hydrogens (tertiary/aromatic N) is 5. The summed E-state index contributed by atoms with van der Waals surface area (Å²) < 4.78 is 1.85. The van der Waals surface area contributed by atoms with Crippen molar-refractivity contribution in [2.45, 2.75) is 33.6 Å². The van der Waals surface area contributed by atoms with Gasteiger partial charge < -0.3 is 10.2 Å². The molecule has 8 heteroatoms. The Bertz CT molecular complexity index is 1330. The number of benzene rings is 1. The average Bonchev–Trinajstić information content (AvgIpc) is 3.12. The molecule has 0 fully saturated rings. The van der Waals surface area contributed by atoms with Crippen LogP contribution in [-0.4, -0.2) is 49.9 Å². The van der Waals surface area contributed by atoms with E-state index in [-0.39, 0.29) is 24.8 Å². The number of hydrogen-bond acceptors (Lipinski definition) is 5. The molecule has 0 saturated heterocycles. The number of pyridine rings is 1. The van der Waals surface area contributed by atoms with Crippen molar-refractivity contribution in [3.05, 3.63) is 65.1 Å². The molecule has 4 rings (SSSR count). The van der Waals surface area contributed by atoms with Crippen molar-refractivity contribution in [3.63, 3.8) is 0 Å². The molecular weight excluding hydrogens is 404 g/mol. The van der Waals surface area contributed by atoms with E-state index in [0.717, 1.165) is 39.1 Å². The minimum absolute atomic E-state index is 0.0335. The molecule has 3 aromatic heterocycles. The summed E-state index contributed by atoms with van der Waals surface area (Å²) in [5, 5.41) is 8.40. The van der Waals surface area contributed by atoms with Gasteiger partial charge in [0.1, 0.15) is 5.82 Å². The first-order valence-electron chi connectivity index (χ1n) is 10.5. The molecule has 0 aliphatic heterocycles. The van der Waals surface area contributed by atoms with Crippen LogP contribution < -0.4 is 5.32 Å². The van der Waals surface area contributed by atoms with E-state index >= 15 is 0 Å². The van der Waals surface area contributed by atoms with E-state index in [1.165, 1.54) is 4.90 Å². The molecule has 0 atom stereocenters. The van der Waals surface area contributed by atoms with Gasteiger partial charge in [-0.2, -0.15) is 5.10 Å². The van der Waals surface area contributed by atoms with Gasteiger partial charge in [0.05, 0.1) is 12.1 Å². The van der Waals surface area contributed by atoms with Crippen LogP contribution in [0.1, 0.15) is 28.9 Å². The Morgan fingerprint density at radius 3 is 2.69 bits per heavy atom. The molecule has 8 nitrogen and oxygen atoms in total. The number of carbonyl (C=O) groups is 2. The number of amides is 2. The second-order valence-corrected chi connectivity index (χ2v) is 8.03. The molecule has 2 amide bonds. The van der Waals surface area contributed by atoms with Gasteiger partial charge in [-0.1, -0.05) is 12.1 Å². The van der Waals surface area contributed by atoms with Gasteiger partial charge >= 0.3 is 0 Å². The summed E-state index contributed by atoms with van der Waals surface area (Å²) in [4.78, 5) is 35.3. The fourth-order valence-electron chi connectivity index (χ4n) is 3.85. The van der Waals surface area contributed by atoms with Crippen LogP contribution in [0.3, 0.4) is 0 Å². The third-order valence-corrected chi connectivity index (χ3v) is 5.60. The number of fused-ring (bicyclic) bond motifs is 3. The van der Waals surface area contributed by atoms with Crippen LogP contribution in [0.25, 0.3) is 16.6 Å².